The zero-order valence-electron chi connectivity index (χ0n) is 20.2. The van der Waals surface area contributed by atoms with Gasteiger partial charge in [0.2, 0.25) is 11.8 Å². The van der Waals surface area contributed by atoms with Crippen LogP contribution in [-0.2, 0) is 24.4 Å². The Bertz CT molecular complexity index is 1200. The molecule has 1 aromatic carbocycles. The third-order valence-electron chi connectivity index (χ3n) is 4.93. The summed E-state index contributed by atoms with van der Waals surface area (Å²) in [5.74, 6) is -3.61. The molecule has 1 aromatic rings. The molecule has 1 heterocycles. The first-order valence-corrected chi connectivity index (χ1v) is 12.5. The third-order valence-corrected chi connectivity index (χ3v) is 5.71. The zero-order chi connectivity index (χ0) is 28.1. The van der Waals surface area contributed by atoms with Gasteiger partial charge < -0.3 is 20.7 Å². The maximum atomic E-state index is 12.8. The van der Waals surface area contributed by atoms with Gasteiger partial charge in [-0.25, -0.2) is 10.2 Å². The van der Waals surface area contributed by atoms with Crippen LogP contribution in [0.3, 0.4) is 0 Å². The van der Waals surface area contributed by atoms with Crippen LogP contribution < -0.4 is 21.9 Å². The lowest BCUT2D eigenvalue weighted by atomic mass is 10.1. The molecule has 0 spiro atoms. The van der Waals surface area contributed by atoms with Gasteiger partial charge in [-0.1, -0.05) is 0 Å². The quantitative estimate of drug-likeness (QED) is 0.172. The van der Waals surface area contributed by atoms with E-state index in [-0.39, 0.29) is 18.7 Å². The van der Waals surface area contributed by atoms with Gasteiger partial charge in [0.05, 0.1) is 10.7 Å². The Morgan fingerprint density at radius 2 is 1.92 bits per heavy atom. The zero-order valence-corrected chi connectivity index (χ0v) is 21.0. The van der Waals surface area contributed by atoms with Crippen molar-refractivity contribution in [3.8, 4) is 0 Å². The second-order valence-corrected chi connectivity index (χ2v) is 10.6. The van der Waals surface area contributed by atoms with Crippen molar-refractivity contribution in [3.63, 3.8) is 0 Å². The number of hydrazine groups is 1. The number of carbonyl (C=O) groups excluding carboxylic acids is 4. The minimum Gasteiger partial charge on any atom is -0.443 e. The Hall–Kier alpha value is -3.83. The molecule has 2 rings (SSSR count). The maximum absolute atomic E-state index is 12.8. The third kappa shape index (κ3) is 8.65. The fraction of sp³-hybridized carbons (Fsp3) is 0.500. The van der Waals surface area contributed by atoms with Crippen LogP contribution in [0.2, 0.25) is 0 Å². The number of rotatable bonds is 7. The SMILES string of the molecule is CC(C)(C)OC(=O)NNC(=O)c1ccc(NC(=O)[C@H]2CCCN2C(=O)[C@H](N)CS(=O)(=O)O)cc1[N+](=O)[O-]. The van der Waals surface area contributed by atoms with Gasteiger partial charge in [-0.2, -0.15) is 8.42 Å². The number of nitrogens with zero attached hydrogens (tertiary/aromatic N) is 2. The molecule has 16 nitrogen and oxygen atoms in total. The number of nitro groups is 1. The van der Waals surface area contributed by atoms with E-state index in [0.717, 1.165) is 17.0 Å². The number of nitro benzene ring substituents is 1. The molecule has 2 atom stereocenters. The van der Waals surface area contributed by atoms with E-state index < -0.39 is 73.5 Å². The Kier molecular flexibility index (Phi) is 9.13. The van der Waals surface area contributed by atoms with Crippen molar-refractivity contribution in [2.24, 2.45) is 5.73 Å². The van der Waals surface area contributed by atoms with Crippen molar-refractivity contribution in [1.29, 1.82) is 0 Å². The van der Waals surface area contributed by atoms with Crippen molar-refractivity contribution in [2.45, 2.75) is 51.3 Å². The fourth-order valence-corrected chi connectivity index (χ4v) is 4.07. The summed E-state index contributed by atoms with van der Waals surface area (Å²) in [6.45, 7) is 4.91. The number of amides is 4. The van der Waals surface area contributed by atoms with E-state index in [1.807, 2.05) is 10.9 Å². The number of anilines is 1. The van der Waals surface area contributed by atoms with Gasteiger partial charge in [0.15, 0.2) is 0 Å². The smallest absolute Gasteiger partial charge is 0.426 e. The first kappa shape index (κ1) is 29.4. The molecule has 17 heteroatoms. The summed E-state index contributed by atoms with van der Waals surface area (Å²) < 4.78 is 35.9. The van der Waals surface area contributed by atoms with E-state index in [1.165, 1.54) is 6.07 Å². The molecule has 0 saturated carbocycles. The van der Waals surface area contributed by atoms with Crippen LogP contribution in [0.25, 0.3) is 0 Å². The van der Waals surface area contributed by atoms with Gasteiger partial charge in [-0.15, -0.1) is 0 Å². The minimum atomic E-state index is -4.53. The molecule has 0 bridgehead atoms. The summed E-state index contributed by atoms with van der Waals surface area (Å²) in [5, 5.41) is 14.0. The second-order valence-electron chi connectivity index (χ2n) is 9.10. The number of hydrogen-bond acceptors (Lipinski definition) is 10. The van der Waals surface area contributed by atoms with E-state index in [9.17, 15) is 37.7 Å². The lowest BCUT2D eigenvalue weighted by Crippen LogP contribution is -2.51. The maximum Gasteiger partial charge on any atom is 0.426 e. The first-order valence-electron chi connectivity index (χ1n) is 10.9. The van der Waals surface area contributed by atoms with Crippen molar-refractivity contribution in [2.75, 3.05) is 17.6 Å². The summed E-state index contributed by atoms with van der Waals surface area (Å²) >= 11 is 0. The average Bonchev–Trinajstić information content (AvgIpc) is 3.24. The number of likely N-dealkylation sites (tertiary alicyclic amines) is 1. The van der Waals surface area contributed by atoms with Gasteiger partial charge >= 0.3 is 6.09 Å². The van der Waals surface area contributed by atoms with Gasteiger partial charge in [0.1, 0.15) is 23.2 Å². The lowest BCUT2D eigenvalue weighted by molar-refractivity contribution is -0.385. The van der Waals surface area contributed by atoms with Crippen LogP contribution in [0.4, 0.5) is 16.2 Å². The summed E-state index contributed by atoms with van der Waals surface area (Å²) in [4.78, 5) is 61.1. The topological polar surface area (TPSA) is 240 Å². The van der Waals surface area contributed by atoms with Crippen LogP contribution in [-0.4, -0.2) is 76.6 Å². The molecule has 4 amide bonds. The molecule has 6 N–H and O–H groups in total. The summed E-state index contributed by atoms with van der Waals surface area (Å²) in [7, 11) is -4.53. The second kappa shape index (κ2) is 11.5. The fourth-order valence-electron chi connectivity index (χ4n) is 3.47. The van der Waals surface area contributed by atoms with Crippen LogP contribution in [0, 0.1) is 10.1 Å². The molecule has 1 aliphatic rings. The Labute approximate surface area is 211 Å². The molecule has 0 aliphatic carbocycles. The van der Waals surface area contributed by atoms with Crippen LogP contribution in [0.1, 0.15) is 44.0 Å². The summed E-state index contributed by atoms with van der Waals surface area (Å²) in [5.41, 5.74) is 7.51. The summed E-state index contributed by atoms with van der Waals surface area (Å²) in [6, 6.07) is 0.556. The highest BCUT2D eigenvalue weighted by atomic mass is 32.2. The van der Waals surface area contributed by atoms with E-state index in [2.05, 4.69) is 5.32 Å². The van der Waals surface area contributed by atoms with Crippen molar-refractivity contribution < 1.29 is 41.8 Å². The molecule has 1 saturated heterocycles. The summed E-state index contributed by atoms with van der Waals surface area (Å²) in [6.07, 6.45) is -0.360. The monoisotopic (exact) mass is 544 g/mol. The number of ether oxygens (including phenoxy) is 1. The normalized spacial score (nSPS) is 16.5. The number of hydrogen-bond donors (Lipinski definition) is 5. The lowest BCUT2D eigenvalue weighted by Gasteiger charge is -2.26. The standard InChI is InChI=1S/C20H28N6O10S/c1-20(2,3)36-19(30)24-23-16(27)12-7-6-11(9-15(12)26(31)32)22-17(28)14-5-4-8-25(14)18(29)13(21)10-37(33,34)35/h6-7,9,13-14H,4-5,8,10,21H2,1-3H3,(H,22,28)(H,23,27)(H,24,30)(H,33,34,35)/t13-,14-/m1/s1. The van der Waals surface area contributed by atoms with Gasteiger partial charge in [0.25, 0.3) is 21.7 Å². The minimum absolute atomic E-state index is 0.0603. The molecule has 0 aromatic heterocycles. The predicted octanol–water partition coefficient (Wildman–Crippen LogP) is -0.0911. The number of benzene rings is 1. The molecule has 37 heavy (non-hydrogen) atoms. The predicted molar refractivity (Wildman–Crippen MR) is 128 cm³/mol. The molecule has 1 aliphatic heterocycles. The number of nitrogens with one attached hydrogen (secondary N) is 3. The van der Waals surface area contributed by atoms with Gasteiger partial charge in [0, 0.05) is 18.3 Å². The highest BCUT2D eigenvalue weighted by Crippen LogP contribution is 2.25. The average molecular weight is 545 g/mol. The van der Waals surface area contributed by atoms with E-state index >= 15 is 0 Å². The molecular formula is C20H28N6O10S. The first-order chi connectivity index (χ1) is 17.0. The highest BCUT2D eigenvalue weighted by Gasteiger charge is 2.37. The Balaban J connectivity index is 2.13. The van der Waals surface area contributed by atoms with Crippen LogP contribution in [0.5, 0.6) is 0 Å². The molecule has 0 unspecified atom stereocenters. The van der Waals surface area contributed by atoms with Crippen LogP contribution in [0.15, 0.2) is 18.2 Å². The van der Waals surface area contributed by atoms with Gasteiger partial charge in [-0.05, 0) is 45.7 Å². The van der Waals surface area contributed by atoms with Gasteiger partial charge in [-0.3, -0.25) is 34.5 Å². The Morgan fingerprint density at radius 1 is 1.27 bits per heavy atom. The largest absolute Gasteiger partial charge is 0.443 e. The highest BCUT2D eigenvalue weighted by molar-refractivity contribution is 7.85. The van der Waals surface area contributed by atoms with E-state index in [4.69, 9.17) is 15.0 Å². The Morgan fingerprint density at radius 3 is 2.49 bits per heavy atom. The number of nitrogens with two attached hydrogens (primary N) is 1. The molecule has 1 fully saturated rings. The van der Waals surface area contributed by atoms with E-state index in [0.29, 0.717) is 6.42 Å². The number of carbonyl (C=O) groups is 4. The molecule has 0 radical (unpaired) electrons. The molecular weight excluding hydrogens is 516 g/mol. The van der Waals surface area contributed by atoms with Crippen molar-refractivity contribution >= 4 is 45.3 Å². The van der Waals surface area contributed by atoms with Crippen molar-refractivity contribution in [3.05, 3.63) is 33.9 Å². The molecule has 204 valence electrons. The van der Waals surface area contributed by atoms with E-state index in [1.54, 1.807) is 20.8 Å². The van der Waals surface area contributed by atoms with Crippen molar-refractivity contribution in [1.82, 2.24) is 15.8 Å². The van der Waals surface area contributed by atoms with Crippen LogP contribution >= 0.6 is 0 Å².